The fraction of sp³-hybridized carbons (Fsp3) is 0.300. The molecule has 15 heavy (non-hydrogen) atoms. The normalized spacial score (nSPS) is 17.2. The third kappa shape index (κ3) is 1.49. The Morgan fingerprint density at radius 1 is 1.47 bits per heavy atom. The van der Waals surface area contributed by atoms with E-state index in [1.165, 1.54) is 18.2 Å². The van der Waals surface area contributed by atoms with Crippen LogP contribution in [-0.2, 0) is 10.5 Å². The van der Waals surface area contributed by atoms with E-state index in [1.807, 2.05) is 0 Å². The Balaban J connectivity index is 2.42. The molecule has 5 heteroatoms. The summed E-state index contributed by atoms with van der Waals surface area (Å²) in [6.07, 6.45) is 0. The van der Waals surface area contributed by atoms with E-state index in [4.69, 9.17) is 14.6 Å². The van der Waals surface area contributed by atoms with Crippen LogP contribution >= 0.6 is 0 Å². The minimum atomic E-state index is -2.42. The van der Waals surface area contributed by atoms with Gasteiger partial charge in [-0.05, 0) is 19.1 Å². The Labute approximate surface area is 85.2 Å². The maximum absolute atomic E-state index is 13.7. The van der Waals surface area contributed by atoms with Crippen molar-refractivity contribution in [1.29, 1.82) is 0 Å². The number of ether oxygens (including phenoxy) is 2. The third-order valence-corrected chi connectivity index (χ3v) is 2.32. The zero-order valence-electron chi connectivity index (χ0n) is 7.99. The molecule has 1 heterocycles. The fourth-order valence-corrected chi connectivity index (χ4v) is 1.31. The minimum absolute atomic E-state index is 0.0410. The van der Waals surface area contributed by atoms with Gasteiger partial charge in [-0.15, -0.1) is 0 Å². The Hall–Kier alpha value is -1.78. The summed E-state index contributed by atoms with van der Waals surface area (Å²) in [6.45, 7) is 1.07. The van der Waals surface area contributed by atoms with Crippen LogP contribution in [0.2, 0.25) is 0 Å². The van der Waals surface area contributed by atoms with Gasteiger partial charge in [0.1, 0.15) is 0 Å². The van der Waals surface area contributed by atoms with Gasteiger partial charge in [-0.25, -0.2) is 9.18 Å². The van der Waals surface area contributed by atoms with Crippen molar-refractivity contribution >= 4 is 5.97 Å². The van der Waals surface area contributed by atoms with Crippen molar-refractivity contribution in [3.8, 4) is 11.5 Å². The van der Waals surface area contributed by atoms with Crippen LogP contribution in [0, 0.1) is 0 Å². The third-order valence-electron chi connectivity index (χ3n) is 2.32. The van der Waals surface area contributed by atoms with Gasteiger partial charge in [0.2, 0.25) is 12.5 Å². The van der Waals surface area contributed by atoms with E-state index in [-0.39, 0.29) is 12.4 Å². The predicted octanol–water partition coefficient (Wildman–Crippen LogP) is 1.68. The average molecular weight is 212 g/mol. The van der Waals surface area contributed by atoms with Gasteiger partial charge in [0.25, 0.3) is 0 Å². The van der Waals surface area contributed by atoms with E-state index in [2.05, 4.69) is 0 Å². The highest BCUT2D eigenvalue weighted by Crippen LogP contribution is 2.37. The summed E-state index contributed by atoms with van der Waals surface area (Å²) < 4.78 is 23.8. The number of aliphatic carboxylic acids is 1. The molecule has 1 aliphatic rings. The molecule has 1 unspecified atom stereocenters. The number of fused-ring (bicyclic) bond motifs is 1. The topological polar surface area (TPSA) is 55.8 Å². The molecule has 80 valence electrons. The first-order chi connectivity index (χ1) is 7.01. The summed E-state index contributed by atoms with van der Waals surface area (Å²) in [5.74, 6) is -0.654. The Kier molecular flexibility index (Phi) is 2.03. The largest absolute Gasteiger partial charge is 0.479 e. The molecule has 0 saturated carbocycles. The summed E-state index contributed by atoms with van der Waals surface area (Å²) in [6, 6.07) is 4.22. The number of benzene rings is 1. The summed E-state index contributed by atoms with van der Waals surface area (Å²) in [7, 11) is 0. The van der Waals surface area contributed by atoms with Gasteiger partial charge in [-0.2, -0.15) is 0 Å². The first kappa shape index (κ1) is 9.76. The summed E-state index contributed by atoms with van der Waals surface area (Å²) in [4.78, 5) is 10.7. The van der Waals surface area contributed by atoms with Crippen LogP contribution in [-0.4, -0.2) is 17.9 Å². The first-order valence-electron chi connectivity index (χ1n) is 4.34. The molecule has 0 aromatic heterocycles. The van der Waals surface area contributed by atoms with E-state index in [0.29, 0.717) is 11.5 Å². The van der Waals surface area contributed by atoms with Crippen LogP contribution in [0.1, 0.15) is 12.5 Å². The number of halogens is 1. The smallest absolute Gasteiger partial charge is 0.345 e. The van der Waals surface area contributed by atoms with Gasteiger partial charge in [0.15, 0.2) is 11.5 Å². The molecule has 0 saturated heterocycles. The van der Waals surface area contributed by atoms with E-state index >= 15 is 0 Å². The van der Waals surface area contributed by atoms with Gasteiger partial charge in [0, 0.05) is 5.56 Å². The van der Waals surface area contributed by atoms with Gasteiger partial charge in [-0.1, -0.05) is 6.07 Å². The number of hydrogen-bond acceptors (Lipinski definition) is 3. The predicted molar refractivity (Wildman–Crippen MR) is 48.7 cm³/mol. The van der Waals surface area contributed by atoms with Crippen molar-refractivity contribution in [2.24, 2.45) is 0 Å². The zero-order chi connectivity index (χ0) is 11.1. The lowest BCUT2D eigenvalue weighted by Crippen LogP contribution is -2.26. The van der Waals surface area contributed by atoms with Crippen LogP contribution in [0.25, 0.3) is 0 Å². The van der Waals surface area contributed by atoms with E-state index in [9.17, 15) is 9.18 Å². The number of rotatable bonds is 2. The molecular formula is C10H9FO4. The standard InChI is InChI=1S/C10H9FO4/c1-10(11,9(12)13)6-2-3-7-8(4-6)15-5-14-7/h2-4H,5H2,1H3,(H,12,13). The number of alkyl halides is 1. The fourth-order valence-electron chi connectivity index (χ4n) is 1.31. The minimum Gasteiger partial charge on any atom is -0.479 e. The van der Waals surface area contributed by atoms with Gasteiger partial charge >= 0.3 is 5.97 Å². The molecule has 1 aromatic rings. The highest BCUT2D eigenvalue weighted by atomic mass is 19.1. The molecular weight excluding hydrogens is 203 g/mol. The lowest BCUT2D eigenvalue weighted by atomic mass is 9.98. The number of hydrogen-bond donors (Lipinski definition) is 1. The van der Waals surface area contributed by atoms with Crippen LogP contribution in [0.4, 0.5) is 4.39 Å². The van der Waals surface area contributed by atoms with Gasteiger partial charge < -0.3 is 14.6 Å². The van der Waals surface area contributed by atoms with E-state index in [1.54, 1.807) is 0 Å². The molecule has 2 rings (SSSR count). The first-order valence-corrected chi connectivity index (χ1v) is 4.34. The van der Waals surface area contributed by atoms with Gasteiger partial charge in [-0.3, -0.25) is 0 Å². The molecule has 1 N–H and O–H groups in total. The van der Waals surface area contributed by atoms with Crippen molar-refractivity contribution in [3.63, 3.8) is 0 Å². The van der Waals surface area contributed by atoms with Crippen LogP contribution < -0.4 is 9.47 Å². The molecule has 1 aromatic carbocycles. The Bertz CT molecular complexity index is 414. The molecule has 0 radical (unpaired) electrons. The Morgan fingerprint density at radius 2 is 2.13 bits per heavy atom. The molecule has 0 spiro atoms. The lowest BCUT2D eigenvalue weighted by Gasteiger charge is -2.15. The van der Waals surface area contributed by atoms with Crippen molar-refractivity contribution in [1.82, 2.24) is 0 Å². The van der Waals surface area contributed by atoms with Crippen LogP contribution in [0.15, 0.2) is 18.2 Å². The second-order valence-corrected chi connectivity index (χ2v) is 3.38. The second-order valence-electron chi connectivity index (χ2n) is 3.38. The summed E-state index contributed by atoms with van der Waals surface area (Å²) in [5, 5.41) is 8.70. The molecule has 1 atom stereocenters. The van der Waals surface area contributed by atoms with E-state index < -0.39 is 11.6 Å². The molecule has 0 amide bonds. The van der Waals surface area contributed by atoms with Crippen molar-refractivity contribution in [2.75, 3.05) is 6.79 Å². The van der Waals surface area contributed by atoms with Crippen LogP contribution in [0.5, 0.6) is 11.5 Å². The van der Waals surface area contributed by atoms with Crippen molar-refractivity contribution < 1.29 is 23.8 Å². The Morgan fingerprint density at radius 3 is 2.80 bits per heavy atom. The SMILES string of the molecule is CC(F)(C(=O)O)c1ccc2c(c1)OCO2. The molecule has 0 aliphatic carbocycles. The van der Waals surface area contributed by atoms with Crippen molar-refractivity contribution in [3.05, 3.63) is 23.8 Å². The molecule has 0 bridgehead atoms. The average Bonchev–Trinajstić information content (AvgIpc) is 2.63. The monoisotopic (exact) mass is 212 g/mol. The second kappa shape index (κ2) is 3.12. The number of carboxylic acid groups (broad SMARTS) is 1. The molecule has 4 nitrogen and oxygen atoms in total. The number of carboxylic acids is 1. The molecule has 0 fully saturated rings. The summed E-state index contributed by atoms with van der Waals surface area (Å²) >= 11 is 0. The van der Waals surface area contributed by atoms with E-state index in [0.717, 1.165) is 6.92 Å². The van der Waals surface area contributed by atoms with Crippen molar-refractivity contribution in [2.45, 2.75) is 12.6 Å². The number of carbonyl (C=O) groups is 1. The zero-order valence-corrected chi connectivity index (χ0v) is 7.99. The van der Waals surface area contributed by atoms with Gasteiger partial charge in [0.05, 0.1) is 0 Å². The molecule has 1 aliphatic heterocycles. The van der Waals surface area contributed by atoms with Crippen LogP contribution in [0.3, 0.4) is 0 Å². The maximum atomic E-state index is 13.7. The highest BCUT2D eigenvalue weighted by molar-refractivity contribution is 5.79. The maximum Gasteiger partial charge on any atom is 0.345 e. The summed E-state index contributed by atoms with van der Waals surface area (Å²) in [5.41, 5.74) is -2.37. The quantitative estimate of drug-likeness (QED) is 0.810. The lowest BCUT2D eigenvalue weighted by molar-refractivity contribution is -0.150. The highest BCUT2D eigenvalue weighted by Gasteiger charge is 2.36.